The van der Waals surface area contributed by atoms with Crippen LogP contribution in [0.3, 0.4) is 0 Å². The van der Waals surface area contributed by atoms with Gasteiger partial charge in [0.2, 0.25) is 0 Å². The van der Waals surface area contributed by atoms with Crippen LogP contribution in [0.1, 0.15) is 30.9 Å². The van der Waals surface area contributed by atoms with Crippen molar-refractivity contribution < 1.29 is 10.2 Å². The number of aromatic hydroxyl groups is 2. The normalized spacial score (nSPS) is 11.8. The number of phenolic OH excluding ortho intramolecular Hbond substituents is 2. The first kappa shape index (κ1) is 16.4. The maximum atomic E-state index is 9.54. The summed E-state index contributed by atoms with van der Waals surface area (Å²) in [5.41, 5.74) is 2.21. The molecule has 118 valence electrons. The van der Waals surface area contributed by atoms with E-state index < -0.39 is 0 Å². The highest BCUT2D eigenvalue weighted by Crippen LogP contribution is 2.37. The molecule has 2 N–H and O–H groups in total. The van der Waals surface area contributed by atoms with Crippen LogP contribution in [0, 0.1) is 0 Å². The highest BCUT2D eigenvalue weighted by atomic mass is 16.3. The van der Waals surface area contributed by atoms with Crippen molar-refractivity contribution >= 4 is 0 Å². The number of nitrogens with zero attached hydrogens (tertiary/aromatic N) is 1. The summed E-state index contributed by atoms with van der Waals surface area (Å²) in [4.78, 5) is 2.19. The van der Waals surface area contributed by atoms with Crippen LogP contribution in [-0.4, -0.2) is 35.8 Å². The van der Waals surface area contributed by atoms with Gasteiger partial charge in [0.25, 0.3) is 0 Å². The first-order chi connectivity index (χ1) is 10.4. The molecule has 0 aliphatic heterocycles. The van der Waals surface area contributed by atoms with Crippen molar-refractivity contribution in [3.63, 3.8) is 0 Å². The SMILES string of the molecule is CN(C)CCCC(C)(c1ccc(O)cc1)c1ccc(O)cc1. The van der Waals surface area contributed by atoms with Crippen molar-refractivity contribution in [3.05, 3.63) is 59.7 Å². The first-order valence-corrected chi connectivity index (χ1v) is 7.65. The van der Waals surface area contributed by atoms with Crippen molar-refractivity contribution in [3.8, 4) is 11.5 Å². The van der Waals surface area contributed by atoms with Gasteiger partial charge < -0.3 is 15.1 Å². The van der Waals surface area contributed by atoms with Gasteiger partial charge in [-0.2, -0.15) is 0 Å². The van der Waals surface area contributed by atoms with E-state index in [9.17, 15) is 10.2 Å². The Bertz CT molecular complexity index is 542. The van der Waals surface area contributed by atoms with Crippen LogP contribution >= 0.6 is 0 Å². The molecule has 0 heterocycles. The van der Waals surface area contributed by atoms with Gasteiger partial charge >= 0.3 is 0 Å². The predicted molar refractivity (Wildman–Crippen MR) is 90.5 cm³/mol. The molecule has 0 bridgehead atoms. The second kappa shape index (κ2) is 6.84. The summed E-state index contributed by atoms with van der Waals surface area (Å²) in [6.07, 6.45) is 2.08. The number of rotatable bonds is 6. The topological polar surface area (TPSA) is 43.7 Å². The number of benzene rings is 2. The molecule has 0 atom stereocenters. The molecule has 0 radical (unpaired) electrons. The second-order valence-corrected chi connectivity index (χ2v) is 6.33. The van der Waals surface area contributed by atoms with Crippen molar-refractivity contribution in [2.45, 2.75) is 25.2 Å². The van der Waals surface area contributed by atoms with E-state index in [4.69, 9.17) is 0 Å². The highest BCUT2D eigenvalue weighted by Gasteiger charge is 2.28. The van der Waals surface area contributed by atoms with E-state index in [0.29, 0.717) is 0 Å². The zero-order valence-corrected chi connectivity index (χ0v) is 13.6. The summed E-state index contributed by atoms with van der Waals surface area (Å²) in [5, 5.41) is 19.1. The average molecular weight is 299 g/mol. The van der Waals surface area contributed by atoms with Crippen LogP contribution in [0.15, 0.2) is 48.5 Å². The molecule has 0 fully saturated rings. The van der Waals surface area contributed by atoms with Crippen LogP contribution in [0.4, 0.5) is 0 Å². The molecule has 0 spiro atoms. The van der Waals surface area contributed by atoms with Gasteiger partial charge in [-0.05, 0) is 68.9 Å². The molecule has 0 unspecified atom stereocenters. The van der Waals surface area contributed by atoms with Crippen LogP contribution < -0.4 is 0 Å². The minimum Gasteiger partial charge on any atom is -0.508 e. The van der Waals surface area contributed by atoms with Gasteiger partial charge in [-0.25, -0.2) is 0 Å². The first-order valence-electron chi connectivity index (χ1n) is 7.65. The standard InChI is InChI=1S/C19H25NO2/c1-19(13-4-14-20(2)3,15-5-9-17(21)10-6-15)16-7-11-18(22)12-8-16/h5-12,21-22H,4,13-14H2,1-3H3. The molecule has 0 aliphatic rings. The zero-order valence-electron chi connectivity index (χ0n) is 13.6. The summed E-state index contributed by atoms with van der Waals surface area (Å²) < 4.78 is 0. The Morgan fingerprint density at radius 2 is 1.23 bits per heavy atom. The van der Waals surface area contributed by atoms with Crippen molar-refractivity contribution in [1.82, 2.24) is 4.90 Å². The Morgan fingerprint density at radius 3 is 1.59 bits per heavy atom. The van der Waals surface area contributed by atoms with E-state index >= 15 is 0 Å². The quantitative estimate of drug-likeness (QED) is 0.854. The van der Waals surface area contributed by atoms with Gasteiger partial charge in [-0.1, -0.05) is 31.2 Å². The average Bonchev–Trinajstić information content (AvgIpc) is 2.48. The van der Waals surface area contributed by atoms with E-state index in [1.165, 1.54) is 11.1 Å². The van der Waals surface area contributed by atoms with Crippen LogP contribution in [0.2, 0.25) is 0 Å². The Labute approximate surface area is 132 Å². The Balaban J connectivity index is 2.34. The molecular formula is C19H25NO2. The monoisotopic (exact) mass is 299 g/mol. The van der Waals surface area contributed by atoms with E-state index in [0.717, 1.165) is 19.4 Å². The molecular weight excluding hydrogens is 274 g/mol. The Hall–Kier alpha value is -2.00. The van der Waals surface area contributed by atoms with Crippen LogP contribution in [-0.2, 0) is 5.41 Å². The fraction of sp³-hybridized carbons (Fsp3) is 0.368. The third kappa shape index (κ3) is 3.80. The van der Waals surface area contributed by atoms with Gasteiger partial charge in [0.1, 0.15) is 11.5 Å². The number of hydrogen-bond acceptors (Lipinski definition) is 3. The molecule has 3 nitrogen and oxygen atoms in total. The molecule has 0 aromatic heterocycles. The van der Waals surface area contributed by atoms with Crippen molar-refractivity contribution in [2.75, 3.05) is 20.6 Å². The fourth-order valence-corrected chi connectivity index (χ4v) is 2.86. The molecule has 0 aliphatic carbocycles. The lowest BCUT2D eigenvalue weighted by Crippen LogP contribution is -2.25. The van der Waals surface area contributed by atoms with E-state index in [-0.39, 0.29) is 16.9 Å². The maximum absolute atomic E-state index is 9.54. The van der Waals surface area contributed by atoms with Crippen molar-refractivity contribution in [1.29, 1.82) is 0 Å². The van der Waals surface area contributed by atoms with E-state index in [2.05, 4.69) is 25.9 Å². The molecule has 22 heavy (non-hydrogen) atoms. The van der Waals surface area contributed by atoms with E-state index in [1.54, 1.807) is 24.3 Å². The highest BCUT2D eigenvalue weighted by molar-refractivity contribution is 5.42. The van der Waals surface area contributed by atoms with Gasteiger partial charge in [0.15, 0.2) is 0 Å². The van der Waals surface area contributed by atoms with Gasteiger partial charge in [0, 0.05) is 5.41 Å². The lowest BCUT2D eigenvalue weighted by atomic mass is 9.73. The fourth-order valence-electron chi connectivity index (χ4n) is 2.86. The summed E-state index contributed by atoms with van der Waals surface area (Å²) in [6, 6.07) is 14.9. The Kier molecular flexibility index (Phi) is 5.09. The minimum absolute atomic E-state index is 0.141. The van der Waals surface area contributed by atoms with Gasteiger partial charge in [-0.3, -0.25) is 0 Å². The van der Waals surface area contributed by atoms with E-state index in [1.807, 2.05) is 24.3 Å². The van der Waals surface area contributed by atoms with Crippen LogP contribution in [0.25, 0.3) is 0 Å². The summed E-state index contributed by atoms with van der Waals surface area (Å²) in [5.74, 6) is 0.565. The minimum atomic E-state index is -0.141. The number of phenols is 2. The van der Waals surface area contributed by atoms with Gasteiger partial charge in [-0.15, -0.1) is 0 Å². The summed E-state index contributed by atoms with van der Waals surface area (Å²) >= 11 is 0. The summed E-state index contributed by atoms with van der Waals surface area (Å²) in [7, 11) is 4.16. The Morgan fingerprint density at radius 1 is 0.818 bits per heavy atom. The molecule has 0 saturated heterocycles. The zero-order chi connectivity index (χ0) is 16.2. The molecule has 2 aromatic carbocycles. The largest absolute Gasteiger partial charge is 0.508 e. The maximum Gasteiger partial charge on any atom is 0.115 e. The van der Waals surface area contributed by atoms with Gasteiger partial charge in [0.05, 0.1) is 0 Å². The number of hydrogen-bond donors (Lipinski definition) is 2. The molecule has 3 heteroatoms. The predicted octanol–water partition coefficient (Wildman–Crippen LogP) is 3.75. The third-order valence-electron chi connectivity index (χ3n) is 4.29. The smallest absolute Gasteiger partial charge is 0.115 e. The lowest BCUT2D eigenvalue weighted by Gasteiger charge is -2.32. The van der Waals surface area contributed by atoms with Crippen molar-refractivity contribution in [2.24, 2.45) is 0 Å². The summed E-state index contributed by atoms with van der Waals surface area (Å²) in [6.45, 7) is 3.26. The second-order valence-electron chi connectivity index (χ2n) is 6.33. The third-order valence-corrected chi connectivity index (χ3v) is 4.29. The lowest BCUT2D eigenvalue weighted by molar-refractivity contribution is 0.369. The molecule has 2 rings (SSSR count). The van der Waals surface area contributed by atoms with Crippen LogP contribution in [0.5, 0.6) is 11.5 Å². The molecule has 2 aromatic rings. The molecule has 0 saturated carbocycles. The molecule has 0 amide bonds.